The van der Waals surface area contributed by atoms with Gasteiger partial charge in [-0.3, -0.25) is 4.79 Å². The summed E-state index contributed by atoms with van der Waals surface area (Å²) in [7, 11) is 0. The standard InChI is InChI=1S/C19H27N3O3/c1-14-4-7-20-18(21-14)24-8-5-16-6-9-25-19(11-16)12-22(13-19)17(23)10-15-2-3-15/h4,7,15-16H,2-3,5-6,8-13H2,1H3. The Morgan fingerprint density at radius 2 is 2.20 bits per heavy atom. The molecule has 2 saturated heterocycles. The number of aromatic nitrogens is 2. The Morgan fingerprint density at radius 1 is 1.36 bits per heavy atom. The molecule has 6 heteroatoms. The zero-order valence-electron chi connectivity index (χ0n) is 14.9. The van der Waals surface area contributed by atoms with Gasteiger partial charge in [0.15, 0.2) is 0 Å². The van der Waals surface area contributed by atoms with Gasteiger partial charge < -0.3 is 14.4 Å². The maximum atomic E-state index is 12.2. The highest BCUT2D eigenvalue weighted by Crippen LogP contribution is 2.40. The first-order chi connectivity index (χ1) is 12.1. The molecule has 136 valence electrons. The predicted molar refractivity (Wildman–Crippen MR) is 92.2 cm³/mol. The number of carbonyl (C=O) groups is 1. The van der Waals surface area contributed by atoms with Gasteiger partial charge in [0.1, 0.15) is 5.60 Å². The zero-order chi connectivity index (χ0) is 17.3. The van der Waals surface area contributed by atoms with Crippen LogP contribution in [0.1, 0.15) is 44.2 Å². The normalized spacial score (nSPS) is 24.8. The third-order valence-corrected chi connectivity index (χ3v) is 5.60. The lowest BCUT2D eigenvalue weighted by molar-refractivity contribution is -0.189. The summed E-state index contributed by atoms with van der Waals surface area (Å²) in [6, 6.07) is 2.32. The van der Waals surface area contributed by atoms with E-state index in [0.29, 0.717) is 30.4 Å². The van der Waals surface area contributed by atoms with Gasteiger partial charge in [-0.25, -0.2) is 9.97 Å². The van der Waals surface area contributed by atoms with Gasteiger partial charge in [-0.15, -0.1) is 0 Å². The summed E-state index contributed by atoms with van der Waals surface area (Å²) in [5.41, 5.74) is 0.822. The molecule has 1 aromatic rings. The maximum absolute atomic E-state index is 12.2. The van der Waals surface area contributed by atoms with Crippen molar-refractivity contribution >= 4 is 5.91 Å². The molecule has 1 unspecified atom stereocenters. The molecule has 1 spiro atoms. The highest BCUT2D eigenvalue weighted by atomic mass is 16.5. The number of likely N-dealkylation sites (tertiary alicyclic amines) is 1. The van der Waals surface area contributed by atoms with Crippen LogP contribution in [0.25, 0.3) is 0 Å². The van der Waals surface area contributed by atoms with Crippen LogP contribution in [0.2, 0.25) is 0 Å². The minimum absolute atomic E-state index is 0.0953. The van der Waals surface area contributed by atoms with E-state index in [9.17, 15) is 4.79 Å². The van der Waals surface area contributed by atoms with Crippen molar-refractivity contribution in [2.24, 2.45) is 11.8 Å². The molecule has 1 atom stereocenters. The van der Waals surface area contributed by atoms with Crippen LogP contribution in [-0.4, -0.2) is 52.7 Å². The van der Waals surface area contributed by atoms with E-state index in [0.717, 1.165) is 51.1 Å². The molecule has 6 nitrogen and oxygen atoms in total. The number of hydrogen-bond donors (Lipinski definition) is 0. The average Bonchev–Trinajstić information content (AvgIpc) is 3.37. The average molecular weight is 345 g/mol. The Hall–Kier alpha value is -1.69. The van der Waals surface area contributed by atoms with E-state index < -0.39 is 0 Å². The minimum Gasteiger partial charge on any atom is -0.463 e. The molecule has 25 heavy (non-hydrogen) atoms. The molecule has 2 aliphatic heterocycles. The van der Waals surface area contributed by atoms with Crippen LogP contribution in [-0.2, 0) is 9.53 Å². The monoisotopic (exact) mass is 345 g/mol. The van der Waals surface area contributed by atoms with Gasteiger partial charge in [0.25, 0.3) is 0 Å². The van der Waals surface area contributed by atoms with E-state index in [1.54, 1.807) is 6.20 Å². The van der Waals surface area contributed by atoms with Gasteiger partial charge in [-0.05, 0) is 56.9 Å². The molecule has 1 amide bonds. The van der Waals surface area contributed by atoms with E-state index >= 15 is 0 Å². The van der Waals surface area contributed by atoms with Gasteiger partial charge in [0, 0.05) is 24.9 Å². The number of aryl methyl sites for hydroxylation is 1. The van der Waals surface area contributed by atoms with Crippen molar-refractivity contribution in [3.8, 4) is 6.01 Å². The second-order valence-electron chi connectivity index (χ2n) is 7.91. The van der Waals surface area contributed by atoms with Gasteiger partial charge in [0.05, 0.1) is 19.7 Å². The number of amides is 1. The SMILES string of the molecule is Cc1ccnc(OCCC2CCOC3(C2)CN(C(=O)CC2CC2)C3)n1. The van der Waals surface area contributed by atoms with Crippen LogP contribution in [0.5, 0.6) is 6.01 Å². The molecule has 1 saturated carbocycles. The second-order valence-corrected chi connectivity index (χ2v) is 7.91. The van der Waals surface area contributed by atoms with Crippen LogP contribution in [0.3, 0.4) is 0 Å². The molecular weight excluding hydrogens is 318 g/mol. The van der Waals surface area contributed by atoms with E-state index in [-0.39, 0.29) is 5.60 Å². The molecule has 3 aliphatic rings. The molecule has 1 aliphatic carbocycles. The molecule has 3 fully saturated rings. The van der Waals surface area contributed by atoms with Crippen molar-refractivity contribution in [1.82, 2.24) is 14.9 Å². The summed E-state index contributed by atoms with van der Waals surface area (Å²) >= 11 is 0. The Bertz CT molecular complexity index is 626. The summed E-state index contributed by atoms with van der Waals surface area (Å²) < 4.78 is 11.7. The minimum atomic E-state index is -0.0953. The predicted octanol–water partition coefficient (Wildman–Crippen LogP) is 2.36. The summed E-state index contributed by atoms with van der Waals surface area (Å²) in [5.74, 6) is 1.56. The molecule has 0 bridgehead atoms. The summed E-state index contributed by atoms with van der Waals surface area (Å²) in [5, 5.41) is 0. The maximum Gasteiger partial charge on any atom is 0.316 e. The van der Waals surface area contributed by atoms with Crippen LogP contribution in [0.4, 0.5) is 0 Å². The van der Waals surface area contributed by atoms with Crippen LogP contribution >= 0.6 is 0 Å². The smallest absolute Gasteiger partial charge is 0.316 e. The number of nitrogens with zero attached hydrogens (tertiary/aromatic N) is 3. The Kier molecular flexibility index (Phi) is 4.63. The van der Waals surface area contributed by atoms with Crippen molar-refractivity contribution in [3.05, 3.63) is 18.0 Å². The van der Waals surface area contributed by atoms with Gasteiger partial charge in [-0.2, -0.15) is 0 Å². The fourth-order valence-electron chi connectivity index (χ4n) is 3.93. The van der Waals surface area contributed by atoms with Crippen molar-refractivity contribution in [3.63, 3.8) is 0 Å². The van der Waals surface area contributed by atoms with Crippen molar-refractivity contribution in [1.29, 1.82) is 0 Å². The molecule has 0 N–H and O–H groups in total. The van der Waals surface area contributed by atoms with E-state index in [1.165, 1.54) is 12.8 Å². The van der Waals surface area contributed by atoms with Crippen molar-refractivity contribution < 1.29 is 14.3 Å². The first kappa shape index (κ1) is 16.8. The third kappa shape index (κ3) is 4.11. The van der Waals surface area contributed by atoms with E-state index in [4.69, 9.17) is 9.47 Å². The van der Waals surface area contributed by atoms with Gasteiger partial charge in [-0.1, -0.05) is 0 Å². The first-order valence-corrected chi connectivity index (χ1v) is 9.46. The molecule has 3 heterocycles. The lowest BCUT2D eigenvalue weighted by Crippen LogP contribution is -2.66. The van der Waals surface area contributed by atoms with Crippen molar-refractivity contribution in [2.45, 2.75) is 51.0 Å². The highest BCUT2D eigenvalue weighted by Gasteiger charge is 2.49. The molecule has 0 aromatic carbocycles. The van der Waals surface area contributed by atoms with Gasteiger partial charge >= 0.3 is 6.01 Å². The fourth-order valence-corrected chi connectivity index (χ4v) is 3.93. The Labute approximate surface area is 148 Å². The molecule has 1 aromatic heterocycles. The van der Waals surface area contributed by atoms with Crippen LogP contribution < -0.4 is 4.74 Å². The number of ether oxygens (including phenoxy) is 2. The number of carbonyl (C=O) groups excluding carboxylic acids is 1. The summed E-state index contributed by atoms with van der Waals surface area (Å²) in [6.45, 7) is 4.90. The number of rotatable bonds is 6. The number of hydrogen-bond acceptors (Lipinski definition) is 5. The fraction of sp³-hybridized carbons (Fsp3) is 0.737. The summed E-state index contributed by atoms with van der Waals surface area (Å²) in [4.78, 5) is 22.6. The molecule has 0 radical (unpaired) electrons. The lowest BCUT2D eigenvalue weighted by atomic mass is 9.79. The van der Waals surface area contributed by atoms with E-state index in [1.807, 2.05) is 17.9 Å². The zero-order valence-corrected chi connectivity index (χ0v) is 14.9. The first-order valence-electron chi connectivity index (χ1n) is 9.46. The topological polar surface area (TPSA) is 64.6 Å². The lowest BCUT2D eigenvalue weighted by Gasteiger charge is -2.53. The third-order valence-electron chi connectivity index (χ3n) is 5.60. The van der Waals surface area contributed by atoms with Crippen LogP contribution in [0, 0.1) is 18.8 Å². The molecular formula is C19H27N3O3. The van der Waals surface area contributed by atoms with Crippen LogP contribution in [0.15, 0.2) is 12.3 Å². The summed E-state index contributed by atoms with van der Waals surface area (Å²) in [6.07, 6.45) is 8.00. The largest absolute Gasteiger partial charge is 0.463 e. The van der Waals surface area contributed by atoms with Gasteiger partial charge in [0.2, 0.25) is 5.91 Å². The van der Waals surface area contributed by atoms with E-state index in [2.05, 4.69) is 9.97 Å². The molecule has 4 rings (SSSR count). The Balaban J connectivity index is 1.21. The second kappa shape index (κ2) is 6.90. The Morgan fingerprint density at radius 3 is 2.96 bits per heavy atom. The quantitative estimate of drug-likeness (QED) is 0.792. The van der Waals surface area contributed by atoms with Crippen molar-refractivity contribution in [2.75, 3.05) is 26.3 Å². The highest BCUT2D eigenvalue weighted by molar-refractivity contribution is 5.78.